The summed E-state index contributed by atoms with van der Waals surface area (Å²) in [4.78, 5) is 25.1. The molecule has 1 heterocycles. The first-order chi connectivity index (χ1) is 10.4. The van der Waals surface area contributed by atoms with E-state index in [1.807, 2.05) is 26.8 Å². The van der Waals surface area contributed by atoms with Gasteiger partial charge in [0.1, 0.15) is 0 Å². The van der Waals surface area contributed by atoms with Gasteiger partial charge in [-0.25, -0.2) is 0 Å². The summed E-state index contributed by atoms with van der Waals surface area (Å²) < 4.78 is 0. The predicted molar refractivity (Wildman–Crippen MR) is 97.4 cm³/mol. The summed E-state index contributed by atoms with van der Waals surface area (Å²) in [6.45, 7) is 6.37. The molecule has 7 heteroatoms. The third-order valence-electron chi connectivity index (χ3n) is 4.20. The van der Waals surface area contributed by atoms with E-state index in [9.17, 15) is 9.59 Å². The second-order valence-corrected chi connectivity index (χ2v) is 7.22. The summed E-state index contributed by atoms with van der Waals surface area (Å²) in [7, 11) is 0. The number of rotatable bonds is 4. The molecule has 0 aromatic heterocycles. The van der Waals surface area contributed by atoms with Crippen molar-refractivity contribution < 1.29 is 9.59 Å². The number of nitrogens with two attached hydrogens (primary N) is 1. The van der Waals surface area contributed by atoms with Gasteiger partial charge in [0.25, 0.3) is 5.91 Å². The van der Waals surface area contributed by atoms with Crippen molar-refractivity contribution in [3.8, 4) is 0 Å². The number of anilines is 1. The van der Waals surface area contributed by atoms with Crippen molar-refractivity contribution in [2.75, 3.05) is 17.6 Å². The smallest absolute Gasteiger partial charge is 0.251 e. The van der Waals surface area contributed by atoms with Crippen LogP contribution in [-0.2, 0) is 4.79 Å². The molecular weight excluding hydrogens is 334 g/mol. The number of carbonyl (C=O) groups excluding carboxylic acids is 2. The number of fused-ring (bicyclic) bond motifs is 1. The van der Waals surface area contributed by atoms with Gasteiger partial charge in [-0.2, -0.15) is 0 Å². The van der Waals surface area contributed by atoms with Crippen molar-refractivity contribution in [3.63, 3.8) is 0 Å². The number of amides is 2. The zero-order valence-electron chi connectivity index (χ0n) is 13.6. The summed E-state index contributed by atoms with van der Waals surface area (Å²) in [6, 6.07) is 5.41. The van der Waals surface area contributed by atoms with E-state index in [1.165, 1.54) is 0 Å². The van der Waals surface area contributed by atoms with E-state index in [4.69, 9.17) is 5.73 Å². The van der Waals surface area contributed by atoms with Crippen LogP contribution in [0.5, 0.6) is 0 Å². The summed E-state index contributed by atoms with van der Waals surface area (Å²) in [5, 5.41) is 5.86. The summed E-state index contributed by atoms with van der Waals surface area (Å²) in [6.07, 6.45) is 0.486. The highest BCUT2D eigenvalue weighted by molar-refractivity contribution is 7.99. The highest BCUT2D eigenvalue weighted by atomic mass is 35.5. The van der Waals surface area contributed by atoms with Gasteiger partial charge in [0, 0.05) is 29.2 Å². The molecule has 1 aliphatic rings. The number of hydrogen-bond acceptors (Lipinski definition) is 4. The maximum absolute atomic E-state index is 12.5. The minimum absolute atomic E-state index is 0. The molecule has 1 unspecified atom stereocenters. The lowest BCUT2D eigenvalue weighted by Gasteiger charge is -2.33. The monoisotopic (exact) mass is 357 g/mol. The summed E-state index contributed by atoms with van der Waals surface area (Å²) in [5.41, 5.74) is 6.59. The van der Waals surface area contributed by atoms with Crippen molar-refractivity contribution in [1.29, 1.82) is 0 Å². The number of halogens is 1. The van der Waals surface area contributed by atoms with Gasteiger partial charge in [0.15, 0.2) is 0 Å². The van der Waals surface area contributed by atoms with Gasteiger partial charge in [-0.15, -0.1) is 24.2 Å². The van der Waals surface area contributed by atoms with Crippen molar-refractivity contribution in [2.24, 2.45) is 11.7 Å². The van der Waals surface area contributed by atoms with Crippen molar-refractivity contribution in [3.05, 3.63) is 23.8 Å². The molecule has 1 aromatic carbocycles. The van der Waals surface area contributed by atoms with Crippen molar-refractivity contribution >= 4 is 41.7 Å². The van der Waals surface area contributed by atoms with Gasteiger partial charge in [-0.3, -0.25) is 9.59 Å². The third-order valence-corrected chi connectivity index (χ3v) is 5.28. The van der Waals surface area contributed by atoms with E-state index < -0.39 is 5.54 Å². The van der Waals surface area contributed by atoms with Gasteiger partial charge < -0.3 is 16.4 Å². The van der Waals surface area contributed by atoms with E-state index in [2.05, 4.69) is 10.6 Å². The van der Waals surface area contributed by atoms with Crippen LogP contribution in [0.3, 0.4) is 0 Å². The average molecular weight is 358 g/mol. The maximum atomic E-state index is 12.5. The van der Waals surface area contributed by atoms with Crippen LogP contribution in [0.4, 0.5) is 5.69 Å². The molecule has 4 N–H and O–H groups in total. The van der Waals surface area contributed by atoms with E-state index in [1.54, 1.807) is 23.9 Å². The molecule has 1 aliphatic heterocycles. The maximum Gasteiger partial charge on any atom is 0.251 e. The molecule has 1 aromatic rings. The second kappa shape index (κ2) is 8.04. The molecule has 0 bridgehead atoms. The molecular formula is C16H24ClN3O2S. The number of carbonyl (C=O) groups is 2. The van der Waals surface area contributed by atoms with Crippen LogP contribution in [0.2, 0.25) is 0 Å². The number of hydrogen-bond donors (Lipinski definition) is 3. The average Bonchev–Trinajstić information content (AvgIpc) is 2.66. The standard InChI is InChI=1S/C16H23N3O2S.ClH/c1-10(2)16(3,9-17)19-15(21)11-4-5-13-12(8-11)18-14(20)6-7-22-13;/h4-5,8,10H,6-7,9,17H2,1-3H3,(H,18,20)(H,19,21);1H. The van der Waals surface area contributed by atoms with Gasteiger partial charge in [-0.1, -0.05) is 13.8 Å². The lowest BCUT2D eigenvalue weighted by molar-refractivity contribution is -0.115. The number of thioether (sulfide) groups is 1. The fraction of sp³-hybridized carbons (Fsp3) is 0.500. The first-order valence-corrected chi connectivity index (χ1v) is 8.43. The van der Waals surface area contributed by atoms with Crippen LogP contribution in [-0.4, -0.2) is 29.7 Å². The lowest BCUT2D eigenvalue weighted by atomic mass is 9.88. The first kappa shape index (κ1) is 19.8. The summed E-state index contributed by atoms with van der Waals surface area (Å²) >= 11 is 1.62. The molecule has 2 rings (SSSR count). The Morgan fingerprint density at radius 1 is 1.48 bits per heavy atom. The molecule has 2 amide bonds. The molecule has 5 nitrogen and oxygen atoms in total. The Morgan fingerprint density at radius 3 is 2.78 bits per heavy atom. The van der Waals surface area contributed by atoms with Crippen LogP contribution < -0.4 is 16.4 Å². The van der Waals surface area contributed by atoms with Crippen LogP contribution >= 0.6 is 24.2 Å². The fourth-order valence-electron chi connectivity index (χ4n) is 2.12. The quantitative estimate of drug-likeness (QED) is 0.773. The topological polar surface area (TPSA) is 84.2 Å². The molecule has 23 heavy (non-hydrogen) atoms. The zero-order valence-corrected chi connectivity index (χ0v) is 15.3. The highest BCUT2D eigenvalue weighted by Crippen LogP contribution is 2.31. The Hall–Kier alpha value is -1.24. The van der Waals surface area contributed by atoms with Crippen LogP contribution in [0.15, 0.2) is 23.1 Å². The van der Waals surface area contributed by atoms with Crippen molar-refractivity contribution in [2.45, 2.75) is 37.6 Å². The number of benzene rings is 1. The van der Waals surface area contributed by atoms with Crippen LogP contribution in [0.1, 0.15) is 37.6 Å². The second-order valence-electron chi connectivity index (χ2n) is 6.09. The Labute approximate surface area is 147 Å². The molecule has 0 aliphatic carbocycles. The molecule has 0 fully saturated rings. The SMILES string of the molecule is CC(C)C(C)(CN)NC(=O)c1ccc2c(c1)NC(=O)CCS2.Cl. The summed E-state index contributed by atoms with van der Waals surface area (Å²) in [5.74, 6) is 0.784. The molecule has 0 spiro atoms. The van der Waals surface area contributed by atoms with Crippen LogP contribution in [0.25, 0.3) is 0 Å². The van der Waals surface area contributed by atoms with Gasteiger partial charge in [0.05, 0.1) is 11.2 Å². The predicted octanol–water partition coefficient (Wildman–Crippen LogP) is 2.65. The fourth-order valence-corrected chi connectivity index (χ4v) is 3.06. The minimum Gasteiger partial charge on any atom is -0.345 e. The van der Waals surface area contributed by atoms with Gasteiger partial charge >= 0.3 is 0 Å². The Bertz CT molecular complexity index is 595. The van der Waals surface area contributed by atoms with E-state index >= 15 is 0 Å². The third kappa shape index (κ3) is 4.62. The van der Waals surface area contributed by atoms with E-state index in [0.717, 1.165) is 10.6 Å². The Kier molecular flexibility index (Phi) is 6.92. The molecule has 1 atom stereocenters. The minimum atomic E-state index is -0.456. The Morgan fingerprint density at radius 2 is 2.17 bits per heavy atom. The van der Waals surface area contributed by atoms with Crippen molar-refractivity contribution in [1.82, 2.24) is 5.32 Å². The van der Waals surface area contributed by atoms with Gasteiger partial charge in [0.2, 0.25) is 5.91 Å². The normalized spacial score (nSPS) is 16.5. The van der Waals surface area contributed by atoms with E-state index in [0.29, 0.717) is 24.2 Å². The van der Waals surface area contributed by atoms with E-state index in [-0.39, 0.29) is 30.1 Å². The molecule has 0 radical (unpaired) electrons. The largest absolute Gasteiger partial charge is 0.345 e. The lowest BCUT2D eigenvalue weighted by Crippen LogP contribution is -2.55. The molecule has 128 valence electrons. The molecule has 0 saturated carbocycles. The first-order valence-electron chi connectivity index (χ1n) is 7.45. The highest BCUT2D eigenvalue weighted by Gasteiger charge is 2.29. The zero-order chi connectivity index (χ0) is 16.3. The molecule has 0 saturated heterocycles. The van der Waals surface area contributed by atoms with Crippen LogP contribution in [0, 0.1) is 5.92 Å². The Balaban J connectivity index is 0.00000264. The number of nitrogens with one attached hydrogen (secondary N) is 2. The van der Waals surface area contributed by atoms with Gasteiger partial charge in [-0.05, 0) is 31.0 Å².